The first-order valence-electron chi connectivity index (χ1n) is 11.9. The Hall–Kier alpha value is -2.59. The van der Waals surface area contributed by atoms with Gasteiger partial charge in [0.1, 0.15) is 18.1 Å². The predicted molar refractivity (Wildman–Crippen MR) is 139 cm³/mol. The molecule has 0 aliphatic rings. The molecule has 10 heteroatoms. The quantitative estimate of drug-likeness (QED) is 0.241. The Labute approximate surface area is 212 Å². The zero-order valence-electron chi connectivity index (χ0n) is 21.2. The number of amides is 3. The number of carboxylic acid groups (broad SMARTS) is 1. The summed E-state index contributed by atoms with van der Waals surface area (Å²) in [6.45, 7) is 7.26. The van der Waals surface area contributed by atoms with Crippen LogP contribution in [0.25, 0.3) is 0 Å². The summed E-state index contributed by atoms with van der Waals surface area (Å²) >= 11 is 1.48. The molecule has 0 spiro atoms. The lowest BCUT2D eigenvalue weighted by molar-refractivity contribution is -0.142. The lowest BCUT2D eigenvalue weighted by Crippen LogP contribution is -2.60. The van der Waals surface area contributed by atoms with Gasteiger partial charge in [-0.05, 0) is 42.2 Å². The summed E-state index contributed by atoms with van der Waals surface area (Å²) in [6.07, 6.45) is 3.04. The van der Waals surface area contributed by atoms with Gasteiger partial charge in [0.25, 0.3) is 0 Å². The average molecular weight is 509 g/mol. The van der Waals surface area contributed by atoms with Crippen LogP contribution in [0.5, 0.6) is 0 Å². The van der Waals surface area contributed by atoms with Crippen molar-refractivity contribution in [3.05, 3.63) is 35.9 Å². The predicted octanol–water partition coefficient (Wildman–Crippen LogP) is 1.55. The van der Waals surface area contributed by atoms with Gasteiger partial charge in [0.2, 0.25) is 17.7 Å². The van der Waals surface area contributed by atoms with Crippen molar-refractivity contribution >= 4 is 35.5 Å². The molecule has 5 atom stereocenters. The Bertz CT molecular complexity index is 836. The molecule has 6 N–H and O–H groups in total. The minimum absolute atomic E-state index is 0.252. The van der Waals surface area contributed by atoms with Crippen LogP contribution in [0.2, 0.25) is 0 Å². The number of thioether (sulfide) groups is 1. The van der Waals surface area contributed by atoms with E-state index in [0.29, 0.717) is 18.6 Å². The van der Waals surface area contributed by atoms with Crippen LogP contribution in [0.3, 0.4) is 0 Å². The van der Waals surface area contributed by atoms with Crippen molar-refractivity contribution < 1.29 is 24.3 Å². The monoisotopic (exact) mass is 508 g/mol. The maximum Gasteiger partial charge on any atom is 0.326 e. The van der Waals surface area contributed by atoms with Crippen molar-refractivity contribution in [3.63, 3.8) is 0 Å². The Kier molecular flexibility index (Phi) is 13.4. The SMILES string of the molecule is CCC(C)C(NC(=O)C(NC(=O)C(N)Cc1ccccc1)C(C)C)C(=O)NC(CCSC)C(=O)O. The van der Waals surface area contributed by atoms with Gasteiger partial charge in [-0.2, -0.15) is 11.8 Å². The van der Waals surface area contributed by atoms with E-state index in [1.54, 1.807) is 20.8 Å². The maximum atomic E-state index is 13.2. The third-order valence-electron chi connectivity index (χ3n) is 5.90. The molecular weight excluding hydrogens is 468 g/mol. The van der Waals surface area contributed by atoms with Gasteiger partial charge in [0.05, 0.1) is 6.04 Å². The summed E-state index contributed by atoms with van der Waals surface area (Å²) in [5, 5.41) is 17.5. The van der Waals surface area contributed by atoms with Crippen LogP contribution in [0, 0.1) is 11.8 Å². The molecule has 0 aliphatic heterocycles. The van der Waals surface area contributed by atoms with Crippen molar-refractivity contribution in [2.75, 3.05) is 12.0 Å². The van der Waals surface area contributed by atoms with E-state index in [2.05, 4.69) is 16.0 Å². The molecule has 0 aliphatic carbocycles. The van der Waals surface area contributed by atoms with Crippen molar-refractivity contribution in [2.45, 2.75) is 71.1 Å². The van der Waals surface area contributed by atoms with Crippen LogP contribution in [-0.2, 0) is 25.6 Å². The molecule has 0 bridgehead atoms. The fourth-order valence-corrected chi connectivity index (χ4v) is 3.93. The Balaban J connectivity index is 2.92. The Morgan fingerprint density at radius 2 is 1.51 bits per heavy atom. The van der Waals surface area contributed by atoms with E-state index in [1.807, 2.05) is 43.5 Å². The van der Waals surface area contributed by atoms with Crippen LogP contribution in [-0.4, -0.2) is 65.0 Å². The maximum absolute atomic E-state index is 13.2. The van der Waals surface area contributed by atoms with Crippen LogP contribution in [0.4, 0.5) is 0 Å². The summed E-state index contributed by atoms with van der Waals surface area (Å²) in [5.74, 6) is -2.61. The highest BCUT2D eigenvalue weighted by atomic mass is 32.2. The van der Waals surface area contributed by atoms with Crippen LogP contribution in [0.1, 0.15) is 46.1 Å². The number of hydrogen-bond acceptors (Lipinski definition) is 6. The molecule has 196 valence electrons. The van der Waals surface area contributed by atoms with Gasteiger partial charge >= 0.3 is 5.97 Å². The summed E-state index contributed by atoms with van der Waals surface area (Å²) < 4.78 is 0. The number of nitrogens with two attached hydrogens (primary N) is 1. The van der Waals surface area contributed by atoms with E-state index in [9.17, 15) is 24.3 Å². The molecule has 35 heavy (non-hydrogen) atoms. The van der Waals surface area contributed by atoms with Crippen molar-refractivity contribution in [1.82, 2.24) is 16.0 Å². The fraction of sp³-hybridized carbons (Fsp3) is 0.600. The molecule has 0 saturated heterocycles. The zero-order chi connectivity index (χ0) is 26.5. The smallest absolute Gasteiger partial charge is 0.326 e. The first-order chi connectivity index (χ1) is 16.5. The molecule has 0 saturated carbocycles. The van der Waals surface area contributed by atoms with Gasteiger partial charge in [0, 0.05) is 0 Å². The lowest BCUT2D eigenvalue weighted by atomic mass is 9.96. The summed E-state index contributed by atoms with van der Waals surface area (Å²) in [5.41, 5.74) is 6.98. The zero-order valence-corrected chi connectivity index (χ0v) is 22.1. The number of hydrogen-bond donors (Lipinski definition) is 5. The number of aliphatic carboxylic acids is 1. The van der Waals surface area contributed by atoms with Gasteiger partial charge in [-0.25, -0.2) is 4.79 Å². The molecule has 0 heterocycles. The number of nitrogens with one attached hydrogen (secondary N) is 3. The third kappa shape index (κ3) is 10.3. The second kappa shape index (κ2) is 15.4. The first-order valence-corrected chi connectivity index (χ1v) is 13.3. The van der Waals surface area contributed by atoms with Gasteiger partial charge < -0.3 is 26.8 Å². The summed E-state index contributed by atoms with van der Waals surface area (Å²) in [7, 11) is 0. The van der Waals surface area contributed by atoms with Gasteiger partial charge in [-0.3, -0.25) is 14.4 Å². The fourth-order valence-electron chi connectivity index (χ4n) is 3.46. The molecular formula is C25H40N4O5S. The normalized spacial score (nSPS) is 15.4. The van der Waals surface area contributed by atoms with Gasteiger partial charge in [-0.1, -0.05) is 64.4 Å². The summed E-state index contributed by atoms with van der Waals surface area (Å²) in [4.78, 5) is 50.4. The van der Waals surface area contributed by atoms with Gasteiger partial charge in [0.15, 0.2) is 0 Å². The number of carbonyl (C=O) groups excluding carboxylic acids is 3. The third-order valence-corrected chi connectivity index (χ3v) is 6.54. The Morgan fingerprint density at radius 1 is 0.943 bits per heavy atom. The lowest BCUT2D eigenvalue weighted by Gasteiger charge is -2.29. The van der Waals surface area contributed by atoms with E-state index < -0.39 is 47.9 Å². The number of carbonyl (C=O) groups is 4. The van der Waals surface area contributed by atoms with E-state index >= 15 is 0 Å². The molecule has 0 radical (unpaired) electrons. The number of benzene rings is 1. The summed E-state index contributed by atoms with van der Waals surface area (Å²) in [6, 6.07) is 5.61. The van der Waals surface area contributed by atoms with Crippen molar-refractivity contribution in [2.24, 2.45) is 17.6 Å². The van der Waals surface area contributed by atoms with Crippen LogP contribution >= 0.6 is 11.8 Å². The second-order valence-electron chi connectivity index (χ2n) is 9.08. The van der Waals surface area contributed by atoms with Gasteiger partial charge in [-0.15, -0.1) is 0 Å². The molecule has 5 unspecified atom stereocenters. The average Bonchev–Trinajstić information content (AvgIpc) is 2.82. The molecule has 3 amide bonds. The molecule has 1 aromatic carbocycles. The molecule has 9 nitrogen and oxygen atoms in total. The van der Waals surface area contributed by atoms with E-state index in [-0.39, 0.29) is 18.3 Å². The molecule has 0 fully saturated rings. The van der Waals surface area contributed by atoms with Crippen LogP contribution in [0.15, 0.2) is 30.3 Å². The Morgan fingerprint density at radius 3 is 2.03 bits per heavy atom. The van der Waals surface area contributed by atoms with E-state index in [4.69, 9.17) is 5.73 Å². The second-order valence-corrected chi connectivity index (χ2v) is 10.1. The highest BCUT2D eigenvalue weighted by Crippen LogP contribution is 2.12. The standard InChI is InChI=1S/C25H40N4O5S/c1-6-16(4)21(24(32)27-19(25(33)34)12-13-35-5)29-23(31)20(15(2)3)28-22(30)18(26)14-17-10-8-7-9-11-17/h7-11,15-16,18-21H,6,12-14,26H2,1-5H3,(H,27,32)(H,28,30)(H,29,31)(H,33,34). The van der Waals surface area contributed by atoms with Crippen molar-refractivity contribution in [1.29, 1.82) is 0 Å². The molecule has 1 rings (SSSR count). The highest BCUT2D eigenvalue weighted by molar-refractivity contribution is 7.98. The van der Waals surface area contributed by atoms with Crippen molar-refractivity contribution in [3.8, 4) is 0 Å². The van der Waals surface area contributed by atoms with E-state index in [0.717, 1.165) is 5.56 Å². The first kappa shape index (κ1) is 30.4. The minimum atomic E-state index is -1.12. The number of carboxylic acids is 1. The van der Waals surface area contributed by atoms with Crippen LogP contribution < -0.4 is 21.7 Å². The topological polar surface area (TPSA) is 151 Å². The molecule has 1 aromatic rings. The largest absolute Gasteiger partial charge is 0.480 e. The molecule has 0 aromatic heterocycles. The minimum Gasteiger partial charge on any atom is -0.480 e. The number of rotatable bonds is 15. The highest BCUT2D eigenvalue weighted by Gasteiger charge is 2.33. The van der Waals surface area contributed by atoms with E-state index in [1.165, 1.54) is 11.8 Å².